The Kier molecular flexibility index (Phi) is 4.02. The van der Waals surface area contributed by atoms with E-state index in [1.54, 1.807) is 4.72 Å². The van der Waals surface area contributed by atoms with Crippen LogP contribution in [0.2, 0.25) is 0 Å². The summed E-state index contributed by atoms with van der Waals surface area (Å²) in [5, 5.41) is 8.84. The third kappa shape index (κ3) is 4.75. The predicted octanol–water partition coefficient (Wildman–Crippen LogP) is 1.34. The van der Waals surface area contributed by atoms with Gasteiger partial charge in [0.2, 0.25) is 0 Å². The van der Waals surface area contributed by atoms with Gasteiger partial charge in [0.25, 0.3) is 10.2 Å². The highest BCUT2D eigenvalue weighted by Gasteiger charge is 2.29. The summed E-state index contributed by atoms with van der Waals surface area (Å²) in [6.45, 7) is -1.75. The highest BCUT2D eigenvalue weighted by atomic mass is 32.2. The molecule has 0 spiro atoms. The number of phenols is 1. The second-order valence-corrected chi connectivity index (χ2v) is 4.71. The van der Waals surface area contributed by atoms with Gasteiger partial charge in [-0.2, -0.15) is 26.3 Å². The van der Waals surface area contributed by atoms with Crippen LogP contribution in [-0.4, -0.2) is 26.2 Å². The molecular formula is C8H8F4N2O3S. The van der Waals surface area contributed by atoms with Gasteiger partial charge in [-0.3, -0.25) is 4.72 Å². The van der Waals surface area contributed by atoms with Crippen molar-refractivity contribution >= 4 is 15.9 Å². The zero-order chi connectivity index (χ0) is 14.0. The third-order valence-corrected chi connectivity index (χ3v) is 2.69. The van der Waals surface area contributed by atoms with Gasteiger partial charge in [-0.1, -0.05) is 0 Å². The maximum atomic E-state index is 12.8. The molecule has 102 valence electrons. The molecule has 5 nitrogen and oxygen atoms in total. The summed E-state index contributed by atoms with van der Waals surface area (Å²) >= 11 is 0. The number of nitrogens with one attached hydrogen (secondary N) is 2. The zero-order valence-electron chi connectivity index (χ0n) is 8.62. The molecule has 0 heterocycles. The van der Waals surface area contributed by atoms with Crippen molar-refractivity contribution in [3.63, 3.8) is 0 Å². The fraction of sp³-hybridized carbons (Fsp3) is 0.250. The molecule has 3 N–H and O–H groups in total. The Morgan fingerprint density at radius 2 is 1.89 bits per heavy atom. The molecule has 0 saturated carbocycles. The predicted molar refractivity (Wildman–Crippen MR) is 54.7 cm³/mol. The first-order valence-corrected chi connectivity index (χ1v) is 5.90. The Balaban J connectivity index is 2.74. The van der Waals surface area contributed by atoms with Crippen molar-refractivity contribution in [3.8, 4) is 5.75 Å². The molecule has 0 bridgehead atoms. The number of aromatic hydroxyl groups is 1. The lowest BCUT2D eigenvalue weighted by Gasteiger charge is -2.11. The quantitative estimate of drug-likeness (QED) is 0.578. The fourth-order valence-corrected chi connectivity index (χ4v) is 1.80. The first-order chi connectivity index (χ1) is 8.09. The van der Waals surface area contributed by atoms with Gasteiger partial charge >= 0.3 is 6.18 Å². The molecule has 10 heteroatoms. The van der Waals surface area contributed by atoms with Crippen LogP contribution in [-0.2, 0) is 10.2 Å². The number of benzene rings is 1. The van der Waals surface area contributed by atoms with Gasteiger partial charge in [0.15, 0.2) is 11.6 Å². The molecule has 0 aliphatic rings. The molecule has 0 fully saturated rings. The van der Waals surface area contributed by atoms with Gasteiger partial charge in [-0.25, -0.2) is 4.39 Å². The maximum absolute atomic E-state index is 12.8. The van der Waals surface area contributed by atoms with Crippen molar-refractivity contribution in [2.45, 2.75) is 6.18 Å². The molecule has 0 aromatic heterocycles. The number of rotatable bonds is 4. The summed E-state index contributed by atoms with van der Waals surface area (Å²) in [6, 6.07) is 2.48. The Morgan fingerprint density at radius 3 is 2.39 bits per heavy atom. The first kappa shape index (κ1) is 14.5. The standard InChI is InChI=1S/C8H8F4N2O3S/c9-6-3-5(1-2-7(6)15)14-18(16,17)13-4-8(10,11)12/h1-3,13-15H,4H2. The second-order valence-electron chi connectivity index (χ2n) is 3.21. The number of hydrogen-bond donors (Lipinski definition) is 3. The van der Waals surface area contributed by atoms with Crippen LogP contribution >= 0.6 is 0 Å². The van der Waals surface area contributed by atoms with E-state index in [4.69, 9.17) is 5.11 Å². The number of phenolic OH excluding ortho intramolecular Hbond substituents is 1. The molecule has 0 aliphatic heterocycles. The van der Waals surface area contributed by atoms with Crippen LogP contribution in [0.3, 0.4) is 0 Å². The molecular weight excluding hydrogens is 280 g/mol. The maximum Gasteiger partial charge on any atom is 0.402 e. The van der Waals surface area contributed by atoms with E-state index in [1.807, 2.05) is 0 Å². The average Bonchev–Trinajstić information content (AvgIpc) is 2.20. The van der Waals surface area contributed by atoms with E-state index >= 15 is 0 Å². The topological polar surface area (TPSA) is 78.4 Å². The van der Waals surface area contributed by atoms with Crippen LogP contribution in [0.1, 0.15) is 0 Å². The largest absolute Gasteiger partial charge is 0.505 e. The average molecular weight is 288 g/mol. The van der Waals surface area contributed by atoms with Crippen LogP contribution in [0.25, 0.3) is 0 Å². The minimum atomic E-state index is -4.70. The van der Waals surface area contributed by atoms with Crippen molar-refractivity contribution in [1.82, 2.24) is 4.72 Å². The van der Waals surface area contributed by atoms with Crippen molar-refractivity contribution < 1.29 is 31.1 Å². The molecule has 18 heavy (non-hydrogen) atoms. The van der Waals surface area contributed by atoms with E-state index in [9.17, 15) is 26.0 Å². The summed E-state index contributed by atoms with van der Waals surface area (Å²) in [5.41, 5.74) is -0.319. The molecule has 0 aliphatic carbocycles. The van der Waals surface area contributed by atoms with Gasteiger partial charge in [0.1, 0.15) is 6.54 Å². The number of halogens is 4. The minimum absolute atomic E-state index is 0.319. The van der Waals surface area contributed by atoms with E-state index in [-0.39, 0.29) is 5.69 Å². The van der Waals surface area contributed by atoms with Gasteiger partial charge in [-0.05, 0) is 12.1 Å². The monoisotopic (exact) mass is 288 g/mol. The molecule has 0 saturated heterocycles. The van der Waals surface area contributed by atoms with Crippen LogP contribution in [0.15, 0.2) is 18.2 Å². The summed E-state index contributed by atoms with van der Waals surface area (Å²) in [4.78, 5) is 0. The lowest BCUT2D eigenvalue weighted by molar-refractivity contribution is -0.121. The number of anilines is 1. The Labute approximate surface area is 99.6 Å². The second kappa shape index (κ2) is 4.98. The Hall–Kier alpha value is -1.55. The van der Waals surface area contributed by atoms with Gasteiger partial charge in [0, 0.05) is 6.07 Å². The molecule has 1 aromatic rings. The van der Waals surface area contributed by atoms with Crippen molar-refractivity contribution in [3.05, 3.63) is 24.0 Å². The summed E-state index contributed by atoms with van der Waals surface area (Å²) < 4.78 is 73.4. The zero-order valence-corrected chi connectivity index (χ0v) is 9.44. The SMILES string of the molecule is O=S(=O)(NCC(F)(F)F)Nc1ccc(O)c(F)c1. The lowest BCUT2D eigenvalue weighted by Crippen LogP contribution is -2.37. The van der Waals surface area contributed by atoms with E-state index in [2.05, 4.69) is 0 Å². The summed E-state index contributed by atoms with van der Waals surface area (Å²) in [6.07, 6.45) is -4.70. The Bertz CT molecular complexity index is 530. The normalized spacial score (nSPS) is 12.4. The van der Waals surface area contributed by atoms with Crippen molar-refractivity contribution in [2.24, 2.45) is 0 Å². The Morgan fingerprint density at radius 1 is 1.28 bits per heavy atom. The van der Waals surface area contributed by atoms with Crippen LogP contribution < -0.4 is 9.44 Å². The molecule has 1 aromatic carbocycles. The lowest BCUT2D eigenvalue weighted by atomic mass is 10.3. The van der Waals surface area contributed by atoms with E-state index < -0.39 is 34.5 Å². The molecule has 1 rings (SSSR count). The van der Waals surface area contributed by atoms with Crippen LogP contribution in [0.5, 0.6) is 5.75 Å². The van der Waals surface area contributed by atoms with Crippen molar-refractivity contribution in [2.75, 3.05) is 11.3 Å². The van der Waals surface area contributed by atoms with Gasteiger partial charge in [-0.15, -0.1) is 0 Å². The smallest absolute Gasteiger partial charge is 0.402 e. The van der Waals surface area contributed by atoms with Crippen molar-refractivity contribution in [1.29, 1.82) is 0 Å². The van der Waals surface area contributed by atoms with E-state index in [1.165, 1.54) is 4.72 Å². The summed E-state index contributed by atoms with van der Waals surface area (Å²) in [7, 11) is -4.47. The molecule has 0 atom stereocenters. The van der Waals surface area contributed by atoms with Crippen LogP contribution in [0.4, 0.5) is 23.2 Å². The number of hydrogen-bond acceptors (Lipinski definition) is 3. The molecule has 0 unspecified atom stereocenters. The highest BCUT2D eigenvalue weighted by molar-refractivity contribution is 7.90. The molecule has 0 amide bonds. The molecule has 0 radical (unpaired) electrons. The third-order valence-electron chi connectivity index (χ3n) is 1.66. The van der Waals surface area contributed by atoms with Gasteiger partial charge < -0.3 is 5.11 Å². The first-order valence-electron chi connectivity index (χ1n) is 4.42. The highest BCUT2D eigenvalue weighted by Crippen LogP contribution is 2.20. The van der Waals surface area contributed by atoms with Gasteiger partial charge in [0.05, 0.1) is 5.69 Å². The van der Waals surface area contributed by atoms with E-state index in [0.29, 0.717) is 6.07 Å². The number of alkyl halides is 3. The van der Waals surface area contributed by atoms with Crippen LogP contribution in [0, 0.1) is 5.82 Å². The fourth-order valence-electron chi connectivity index (χ4n) is 0.938. The minimum Gasteiger partial charge on any atom is -0.505 e. The van der Waals surface area contributed by atoms with E-state index in [0.717, 1.165) is 12.1 Å². The summed E-state index contributed by atoms with van der Waals surface area (Å²) in [5.74, 6) is -1.81.